The summed E-state index contributed by atoms with van der Waals surface area (Å²) in [7, 11) is -9.51. The van der Waals surface area contributed by atoms with Gasteiger partial charge in [-0.2, -0.15) is 0 Å². The fourth-order valence-electron chi connectivity index (χ4n) is 1.43. The SMILES string of the molecule is NCCC(P(=O)(O)O)P(=O)(O)O.O=C(O)c1ccncc1C(=O)O. The zero-order chi connectivity index (χ0) is 19.1. The molecule has 0 aliphatic rings. The van der Waals surface area contributed by atoms with E-state index in [9.17, 15) is 18.7 Å². The van der Waals surface area contributed by atoms with Gasteiger partial charge in [0, 0.05) is 12.4 Å². The molecular weight excluding hydrogens is 370 g/mol. The molecule has 8 N–H and O–H groups in total. The van der Waals surface area contributed by atoms with Crippen LogP contribution in [0.5, 0.6) is 0 Å². The molecular formula is C10H16N2O10P2. The first kappa shape index (κ1) is 22.4. The van der Waals surface area contributed by atoms with Crippen molar-refractivity contribution in [2.75, 3.05) is 6.54 Å². The van der Waals surface area contributed by atoms with Crippen LogP contribution in [0.4, 0.5) is 0 Å². The van der Waals surface area contributed by atoms with Crippen LogP contribution in [0.25, 0.3) is 0 Å². The van der Waals surface area contributed by atoms with Gasteiger partial charge in [-0.1, -0.05) is 0 Å². The molecule has 1 aromatic rings. The minimum Gasteiger partial charge on any atom is -0.478 e. The maximum absolute atomic E-state index is 10.5. The number of nitrogens with zero attached hydrogens (tertiary/aromatic N) is 1. The Bertz CT molecular complexity index is 627. The molecule has 0 fully saturated rings. The average Bonchev–Trinajstić information content (AvgIpc) is 2.42. The molecule has 0 saturated heterocycles. The van der Waals surface area contributed by atoms with Crippen LogP contribution in [0.2, 0.25) is 0 Å². The van der Waals surface area contributed by atoms with Gasteiger partial charge in [0.1, 0.15) is 0 Å². The van der Waals surface area contributed by atoms with Gasteiger partial charge in [0.05, 0.1) is 11.1 Å². The Balaban J connectivity index is 0.000000441. The molecule has 0 unspecified atom stereocenters. The summed E-state index contributed by atoms with van der Waals surface area (Å²) in [5.74, 6) is -2.56. The highest BCUT2D eigenvalue weighted by molar-refractivity contribution is 7.70. The van der Waals surface area contributed by atoms with Crippen molar-refractivity contribution in [3.8, 4) is 0 Å². The second kappa shape index (κ2) is 9.00. The van der Waals surface area contributed by atoms with Crippen molar-refractivity contribution < 1.29 is 48.5 Å². The van der Waals surface area contributed by atoms with Crippen molar-refractivity contribution in [1.82, 2.24) is 4.98 Å². The van der Waals surface area contributed by atoms with Crippen LogP contribution in [0, 0.1) is 0 Å². The van der Waals surface area contributed by atoms with E-state index in [0.717, 1.165) is 12.3 Å². The van der Waals surface area contributed by atoms with Crippen LogP contribution >= 0.6 is 15.2 Å². The van der Waals surface area contributed by atoms with Gasteiger partial charge < -0.3 is 35.5 Å². The Hall–Kier alpha value is -1.65. The van der Waals surface area contributed by atoms with Crippen molar-refractivity contribution in [3.63, 3.8) is 0 Å². The first-order valence-electron chi connectivity index (χ1n) is 6.03. The molecule has 0 amide bonds. The van der Waals surface area contributed by atoms with E-state index in [1.807, 2.05) is 0 Å². The molecule has 0 saturated carbocycles. The maximum atomic E-state index is 10.5. The largest absolute Gasteiger partial charge is 0.478 e. The minimum atomic E-state index is -4.76. The van der Waals surface area contributed by atoms with E-state index in [2.05, 4.69) is 4.98 Å². The highest BCUT2D eigenvalue weighted by atomic mass is 31.2. The predicted octanol–water partition coefficient (Wildman–Crippen LogP) is -0.505. The van der Waals surface area contributed by atoms with Crippen LogP contribution in [-0.2, 0) is 9.13 Å². The summed E-state index contributed by atoms with van der Waals surface area (Å²) in [4.78, 5) is 58.4. The Kier molecular flexibility index (Phi) is 8.38. The summed E-state index contributed by atoms with van der Waals surface area (Å²) < 4.78 is 21.0. The topological polar surface area (TPSA) is 229 Å². The van der Waals surface area contributed by atoms with Gasteiger partial charge in [-0.05, 0) is 19.0 Å². The normalized spacial score (nSPS) is 11.6. The van der Waals surface area contributed by atoms with Crippen LogP contribution in [0.1, 0.15) is 27.1 Å². The molecule has 1 rings (SSSR count). The maximum Gasteiger partial charge on any atom is 0.340 e. The van der Waals surface area contributed by atoms with Gasteiger partial charge in [-0.25, -0.2) is 9.59 Å². The number of aromatic nitrogens is 1. The van der Waals surface area contributed by atoms with E-state index in [1.54, 1.807) is 0 Å². The van der Waals surface area contributed by atoms with Gasteiger partial charge in [-0.3, -0.25) is 14.1 Å². The quantitative estimate of drug-likeness (QED) is 0.307. The second-order valence-corrected chi connectivity index (χ2v) is 8.28. The van der Waals surface area contributed by atoms with Crippen molar-refractivity contribution in [2.24, 2.45) is 5.73 Å². The molecule has 0 aliphatic carbocycles. The van der Waals surface area contributed by atoms with Crippen molar-refractivity contribution in [2.45, 2.75) is 11.8 Å². The first-order chi connectivity index (χ1) is 10.8. The Labute approximate surface area is 135 Å². The minimum absolute atomic E-state index is 0.180. The number of rotatable bonds is 6. The fourth-order valence-corrected chi connectivity index (χ4v) is 3.97. The zero-order valence-corrected chi connectivity index (χ0v) is 13.7. The average molecular weight is 386 g/mol. The zero-order valence-electron chi connectivity index (χ0n) is 12.0. The molecule has 0 aromatic carbocycles. The number of carboxylic acids is 2. The van der Waals surface area contributed by atoms with Crippen LogP contribution in [0.3, 0.4) is 0 Å². The number of hydrogen-bond acceptors (Lipinski definition) is 6. The molecule has 0 aliphatic heterocycles. The van der Waals surface area contributed by atoms with E-state index < -0.39 is 39.0 Å². The van der Waals surface area contributed by atoms with Gasteiger partial charge in [-0.15, -0.1) is 0 Å². The third-order valence-corrected chi connectivity index (χ3v) is 6.36. The van der Waals surface area contributed by atoms with Crippen molar-refractivity contribution in [3.05, 3.63) is 29.6 Å². The predicted molar refractivity (Wildman–Crippen MR) is 79.7 cm³/mol. The third kappa shape index (κ3) is 7.28. The summed E-state index contributed by atoms with van der Waals surface area (Å²) in [6.07, 6.45) is 1.84. The van der Waals surface area contributed by atoms with Crippen LogP contribution < -0.4 is 5.73 Å². The number of pyridine rings is 1. The summed E-state index contributed by atoms with van der Waals surface area (Å²) in [6, 6.07) is 1.14. The second-order valence-electron chi connectivity index (χ2n) is 4.27. The van der Waals surface area contributed by atoms with E-state index in [0.29, 0.717) is 0 Å². The lowest BCUT2D eigenvalue weighted by atomic mass is 10.1. The fraction of sp³-hybridized carbons (Fsp3) is 0.300. The molecule has 0 atom stereocenters. The van der Waals surface area contributed by atoms with Crippen LogP contribution in [0.15, 0.2) is 18.5 Å². The van der Waals surface area contributed by atoms with Gasteiger partial charge in [0.2, 0.25) is 0 Å². The molecule has 14 heteroatoms. The Morgan fingerprint density at radius 2 is 1.50 bits per heavy atom. The van der Waals surface area contributed by atoms with Gasteiger partial charge >= 0.3 is 27.1 Å². The van der Waals surface area contributed by atoms with Gasteiger partial charge in [0.15, 0.2) is 5.40 Å². The van der Waals surface area contributed by atoms with Gasteiger partial charge in [0.25, 0.3) is 0 Å². The molecule has 0 spiro atoms. The summed E-state index contributed by atoms with van der Waals surface area (Å²) >= 11 is 0. The Morgan fingerprint density at radius 3 is 1.75 bits per heavy atom. The molecule has 1 aromatic heterocycles. The lowest BCUT2D eigenvalue weighted by Gasteiger charge is -2.18. The summed E-state index contributed by atoms with van der Waals surface area (Å²) in [5.41, 5.74) is 4.38. The molecule has 0 radical (unpaired) electrons. The van der Waals surface area contributed by atoms with E-state index >= 15 is 0 Å². The van der Waals surface area contributed by atoms with Crippen molar-refractivity contribution >= 4 is 27.1 Å². The summed E-state index contributed by atoms with van der Waals surface area (Å²) in [6.45, 7) is -0.180. The highest BCUT2D eigenvalue weighted by Crippen LogP contribution is 2.60. The van der Waals surface area contributed by atoms with Crippen molar-refractivity contribution in [1.29, 1.82) is 0 Å². The monoisotopic (exact) mass is 386 g/mol. The molecule has 136 valence electrons. The number of carbonyl (C=O) groups is 2. The number of hydrogen-bond donors (Lipinski definition) is 7. The lowest BCUT2D eigenvalue weighted by Crippen LogP contribution is -2.14. The molecule has 1 heterocycles. The number of nitrogens with two attached hydrogens (primary N) is 1. The lowest BCUT2D eigenvalue weighted by molar-refractivity contribution is 0.0651. The van der Waals surface area contributed by atoms with E-state index in [4.69, 9.17) is 35.5 Å². The Morgan fingerprint density at radius 1 is 1.04 bits per heavy atom. The van der Waals surface area contributed by atoms with Crippen LogP contribution in [-0.4, -0.2) is 58.7 Å². The van der Waals surface area contributed by atoms with E-state index in [1.165, 1.54) is 6.20 Å². The number of aromatic carboxylic acids is 2. The molecule has 24 heavy (non-hydrogen) atoms. The molecule has 12 nitrogen and oxygen atoms in total. The summed E-state index contributed by atoms with van der Waals surface area (Å²) in [5, 5.41) is 15.1. The smallest absolute Gasteiger partial charge is 0.340 e. The number of carboxylic acid groups (broad SMARTS) is 2. The third-order valence-electron chi connectivity index (χ3n) is 2.48. The highest BCUT2D eigenvalue weighted by Gasteiger charge is 2.42. The van der Waals surface area contributed by atoms with E-state index in [-0.39, 0.29) is 17.7 Å². The standard InChI is InChI=1S/C7H5NO4.C3H11NO6P2/c9-6(10)4-1-2-8-3-5(4)7(11)12;4-2-1-3(11(5,6)7)12(8,9)10/h1-3H,(H,9,10)(H,11,12);3H,1-2,4H2,(H2,5,6,7)(H2,8,9,10). The first-order valence-corrected chi connectivity index (χ1v) is 9.39. The molecule has 0 bridgehead atoms.